The quantitative estimate of drug-likeness (QED) is 0.0212. The third-order valence-electron chi connectivity index (χ3n) is 11.8. The van der Waals surface area contributed by atoms with Crippen molar-refractivity contribution in [2.75, 3.05) is 40.9 Å². The second-order valence-electron chi connectivity index (χ2n) is 19.4. The van der Waals surface area contributed by atoms with Crippen LogP contribution in [0.3, 0.4) is 0 Å². The summed E-state index contributed by atoms with van der Waals surface area (Å²) in [5.41, 5.74) is 0. The highest BCUT2D eigenvalue weighted by Crippen LogP contribution is 2.38. The van der Waals surface area contributed by atoms with Crippen LogP contribution in [0.5, 0.6) is 0 Å². The van der Waals surface area contributed by atoms with Crippen molar-refractivity contribution >= 4 is 19.7 Å². The predicted octanol–water partition coefficient (Wildman–Crippen LogP) is 15.0. The number of amides is 1. The van der Waals surface area contributed by atoms with E-state index in [1.165, 1.54) is 116 Å². The molecule has 0 radical (unpaired) electrons. The summed E-state index contributed by atoms with van der Waals surface area (Å²) in [5, 5.41) is 3.00. The van der Waals surface area contributed by atoms with Crippen LogP contribution in [0.4, 0.5) is 0 Å². The fraction of sp³-hybridized carbons (Fsp3) is 0.852. The normalized spacial score (nSPS) is 14.2. The molecule has 0 spiro atoms. The van der Waals surface area contributed by atoms with E-state index >= 15 is 0 Å². The number of carbonyl (C=O) groups excluding carboxylic acids is 2. The van der Waals surface area contributed by atoms with E-state index in [9.17, 15) is 19.0 Å². The van der Waals surface area contributed by atoms with Crippen LogP contribution in [0.1, 0.15) is 245 Å². The first kappa shape index (κ1) is 62.2. The second-order valence-corrected chi connectivity index (χ2v) is 20.8. The molecule has 0 aliphatic rings. The number of likely N-dealkylation sites (N-methyl/N-ethyl adjacent to an activating group) is 1. The maximum atomic E-state index is 13.4. The molecule has 0 saturated heterocycles. The number of nitrogens with one attached hydrogen (secondary N) is 1. The molecule has 1 amide bonds. The summed E-state index contributed by atoms with van der Waals surface area (Å²) in [6.45, 7) is 6.78. The Kier molecular flexibility index (Phi) is 43.8. The van der Waals surface area contributed by atoms with Gasteiger partial charge < -0.3 is 28.5 Å². The first-order chi connectivity index (χ1) is 30.9. The molecule has 376 valence electrons. The number of phosphoric ester groups is 1. The lowest BCUT2D eigenvalue weighted by atomic mass is 10.0. The van der Waals surface area contributed by atoms with Crippen LogP contribution in [-0.4, -0.2) is 69.4 Å². The number of allylic oxidation sites excluding steroid dienone is 5. The van der Waals surface area contributed by atoms with Gasteiger partial charge in [-0.25, -0.2) is 0 Å². The number of unbranched alkanes of at least 4 members (excludes halogenated alkanes) is 28. The number of hydrogen-bond donors (Lipinski definition) is 1. The zero-order chi connectivity index (χ0) is 47.3. The molecule has 0 aromatic rings. The smallest absolute Gasteiger partial charge is 0.306 e. The summed E-state index contributed by atoms with van der Waals surface area (Å²) in [5.74, 6) is -0.568. The first-order valence-electron chi connectivity index (χ1n) is 26.8. The highest BCUT2D eigenvalue weighted by molar-refractivity contribution is 7.45. The van der Waals surface area contributed by atoms with Gasteiger partial charge >= 0.3 is 5.97 Å². The molecule has 0 bridgehead atoms. The van der Waals surface area contributed by atoms with Crippen molar-refractivity contribution in [3.63, 3.8) is 0 Å². The Bertz CT molecular complexity index is 1200. The summed E-state index contributed by atoms with van der Waals surface area (Å²) in [7, 11) is 1.17. The summed E-state index contributed by atoms with van der Waals surface area (Å²) in [4.78, 5) is 39.6. The maximum Gasteiger partial charge on any atom is 0.306 e. The monoisotopic (exact) mass is 923 g/mol. The van der Waals surface area contributed by atoms with E-state index in [0.717, 1.165) is 89.9 Å². The molecular weight excluding hydrogens is 820 g/mol. The molecule has 3 unspecified atom stereocenters. The molecule has 3 atom stereocenters. The van der Waals surface area contributed by atoms with E-state index in [0.29, 0.717) is 23.9 Å². The SMILES string of the molecule is CCCC/C=C\CCCCCCCC(=O)NC(COP(=O)([O-])OCC[N+](C)(C)C)C(/C=C/CCCCCCCCCCCCC)OC(=O)CCCCC/C=C\CCCCCCCCC. The van der Waals surface area contributed by atoms with Crippen LogP contribution in [-0.2, 0) is 27.9 Å². The van der Waals surface area contributed by atoms with Crippen LogP contribution in [0, 0.1) is 0 Å². The zero-order valence-corrected chi connectivity index (χ0v) is 43.6. The van der Waals surface area contributed by atoms with Gasteiger partial charge in [-0.2, -0.15) is 0 Å². The van der Waals surface area contributed by atoms with Crippen LogP contribution in [0.2, 0.25) is 0 Å². The van der Waals surface area contributed by atoms with Gasteiger partial charge in [0.2, 0.25) is 5.91 Å². The second kappa shape index (κ2) is 45.0. The molecule has 1 N–H and O–H groups in total. The van der Waals surface area contributed by atoms with Crippen molar-refractivity contribution < 1.29 is 37.3 Å². The van der Waals surface area contributed by atoms with Gasteiger partial charge in [0.05, 0.1) is 33.8 Å². The average Bonchev–Trinajstić information content (AvgIpc) is 3.25. The first-order valence-corrected chi connectivity index (χ1v) is 28.3. The average molecular weight is 923 g/mol. The molecule has 0 aromatic carbocycles. The van der Waals surface area contributed by atoms with Gasteiger partial charge in [0.25, 0.3) is 7.82 Å². The van der Waals surface area contributed by atoms with Crippen LogP contribution >= 0.6 is 7.82 Å². The lowest BCUT2D eigenvalue weighted by Gasteiger charge is -2.30. The van der Waals surface area contributed by atoms with Gasteiger partial charge in [-0.15, -0.1) is 0 Å². The van der Waals surface area contributed by atoms with E-state index in [1.807, 2.05) is 33.3 Å². The van der Waals surface area contributed by atoms with Crippen molar-refractivity contribution in [2.45, 2.75) is 258 Å². The summed E-state index contributed by atoms with van der Waals surface area (Å²) in [6, 6.07) is -0.893. The van der Waals surface area contributed by atoms with Gasteiger partial charge in [-0.1, -0.05) is 192 Å². The van der Waals surface area contributed by atoms with E-state index in [2.05, 4.69) is 50.4 Å². The largest absolute Gasteiger partial charge is 0.756 e. The van der Waals surface area contributed by atoms with E-state index in [4.69, 9.17) is 13.8 Å². The Labute approximate surface area is 396 Å². The van der Waals surface area contributed by atoms with Crippen LogP contribution < -0.4 is 10.2 Å². The van der Waals surface area contributed by atoms with E-state index < -0.39 is 26.6 Å². The Morgan fingerprint density at radius 3 is 1.39 bits per heavy atom. The highest BCUT2D eigenvalue weighted by Gasteiger charge is 2.27. The molecule has 10 heteroatoms. The summed E-state index contributed by atoms with van der Waals surface area (Å²) < 4.78 is 30.1. The molecule has 0 aliphatic carbocycles. The minimum Gasteiger partial charge on any atom is -0.756 e. The fourth-order valence-corrected chi connectivity index (χ4v) is 8.28. The Hall–Kier alpha value is -1.77. The minimum absolute atomic E-state index is 0.0251. The molecular formula is C54H103N2O7P. The van der Waals surface area contributed by atoms with Gasteiger partial charge in [0.15, 0.2) is 0 Å². The molecule has 0 aliphatic heterocycles. The van der Waals surface area contributed by atoms with Gasteiger partial charge in [0, 0.05) is 12.8 Å². The number of esters is 1. The Balaban J connectivity index is 5.45. The number of carbonyl (C=O) groups is 2. The molecule has 9 nitrogen and oxygen atoms in total. The van der Waals surface area contributed by atoms with Crippen LogP contribution in [0.25, 0.3) is 0 Å². The molecule has 0 heterocycles. The number of ether oxygens (including phenoxy) is 1. The molecule has 64 heavy (non-hydrogen) atoms. The van der Waals surface area contributed by atoms with Crippen LogP contribution in [0.15, 0.2) is 36.5 Å². The minimum atomic E-state index is -4.69. The standard InChI is InChI=1S/C54H103N2O7P/c1-7-10-13-16-19-22-25-27-29-32-35-38-41-44-47-54(58)63-52(45-42-39-36-33-31-28-26-23-20-17-14-11-8-2)51(50-62-64(59,60)61-49-48-56(4,5)6)55-53(57)46-43-40-37-34-30-24-21-18-15-12-9-3/h18,21,29,32,42,45,51-52H,7-17,19-20,22-28,30-31,33-41,43-44,46-50H2,1-6H3,(H-,55,57,59,60)/b21-18-,32-29-,45-42+. The lowest BCUT2D eigenvalue weighted by Crippen LogP contribution is -2.47. The van der Waals surface area contributed by atoms with Crippen molar-refractivity contribution in [3.05, 3.63) is 36.5 Å². The number of phosphoric acid groups is 1. The molecule has 0 fully saturated rings. The van der Waals surface area contributed by atoms with Gasteiger partial charge in [0.1, 0.15) is 19.3 Å². The van der Waals surface area contributed by atoms with Gasteiger partial charge in [-0.3, -0.25) is 14.2 Å². The number of hydrogen-bond acceptors (Lipinski definition) is 7. The van der Waals surface area contributed by atoms with Gasteiger partial charge in [-0.05, 0) is 76.7 Å². The van der Waals surface area contributed by atoms with E-state index in [-0.39, 0.29) is 24.9 Å². The molecule has 0 saturated carbocycles. The topological polar surface area (TPSA) is 114 Å². The van der Waals surface area contributed by atoms with Crippen molar-refractivity contribution in [1.82, 2.24) is 5.32 Å². The lowest BCUT2D eigenvalue weighted by molar-refractivity contribution is -0.870. The maximum absolute atomic E-state index is 13.4. The summed E-state index contributed by atoms with van der Waals surface area (Å²) >= 11 is 0. The summed E-state index contributed by atoms with van der Waals surface area (Å²) in [6.07, 6.45) is 51.1. The molecule has 0 aromatic heterocycles. The van der Waals surface area contributed by atoms with Crippen molar-refractivity contribution in [3.8, 4) is 0 Å². The van der Waals surface area contributed by atoms with Crippen molar-refractivity contribution in [1.29, 1.82) is 0 Å². The van der Waals surface area contributed by atoms with Crippen molar-refractivity contribution in [2.24, 2.45) is 0 Å². The number of rotatable bonds is 48. The Morgan fingerprint density at radius 2 is 0.922 bits per heavy atom. The highest BCUT2D eigenvalue weighted by atomic mass is 31.2. The third-order valence-corrected chi connectivity index (χ3v) is 12.8. The fourth-order valence-electron chi connectivity index (χ4n) is 7.55. The number of nitrogens with zero attached hydrogens (tertiary/aromatic N) is 1. The predicted molar refractivity (Wildman–Crippen MR) is 270 cm³/mol. The third kappa shape index (κ3) is 45.4. The number of quaternary nitrogens is 1. The Morgan fingerprint density at radius 1 is 0.531 bits per heavy atom. The van der Waals surface area contributed by atoms with E-state index in [1.54, 1.807) is 0 Å². The zero-order valence-electron chi connectivity index (χ0n) is 42.7. The molecule has 0 rings (SSSR count).